The van der Waals surface area contributed by atoms with Crippen molar-refractivity contribution in [3.05, 3.63) is 65.4 Å². The molecule has 0 spiro atoms. The Labute approximate surface area is 179 Å². The van der Waals surface area contributed by atoms with Crippen molar-refractivity contribution in [2.24, 2.45) is 5.92 Å². The summed E-state index contributed by atoms with van der Waals surface area (Å²) >= 11 is 0. The first-order valence-corrected chi connectivity index (χ1v) is 9.83. The zero-order valence-corrected chi connectivity index (χ0v) is 17.5. The third-order valence-corrected chi connectivity index (χ3v) is 5.35. The van der Waals surface area contributed by atoms with Crippen molar-refractivity contribution in [1.29, 1.82) is 5.26 Å². The first kappa shape index (κ1) is 22.3. The molecule has 0 saturated carbocycles. The molecule has 0 bridgehead atoms. The molecule has 1 N–H and O–H groups in total. The van der Waals surface area contributed by atoms with Gasteiger partial charge in [0.15, 0.2) is 0 Å². The van der Waals surface area contributed by atoms with Crippen LogP contribution in [0.2, 0.25) is 0 Å². The van der Waals surface area contributed by atoms with Crippen LogP contribution < -0.4 is 10.2 Å². The minimum absolute atomic E-state index is 0.131. The van der Waals surface area contributed by atoms with Gasteiger partial charge in [0.2, 0.25) is 0 Å². The molecule has 31 heavy (non-hydrogen) atoms. The van der Waals surface area contributed by atoms with E-state index in [4.69, 9.17) is 0 Å². The summed E-state index contributed by atoms with van der Waals surface area (Å²) in [6.07, 6.45) is -1.52. The van der Waals surface area contributed by atoms with E-state index in [-0.39, 0.29) is 30.7 Å². The van der Waals surface area contributed by atoms with Crippen molar-refractivity contribution in [2.45, 2.75) is 32.4 Å². The summed E-state index contributed by atoms with van der Waals surface area (Å²) in [7, 11) is 0. The fraction of sp³-hybridized carbons (Fsp3) is 0.348. The number of hydrogen-bond donors (Lipinski definition) is 1. The second-order valence-electron chi connectivity index (χ2n) is 8.11. The lowest BCUT2D eigenvalue weighted by molar-refractivity contribution is -0.137. The zero-order chi connectivity index (χ0) is 22.8. The summed E-state index contributed by atoms with van der Waals surface area (Å²) in [5.74, 6) is -0.710. The van der Waals surface area contributed by atoms with Crippen LogP contribution in [0.15, 0.2) is 54.2 Å². The van der Waals surface area contributed by atoms with Crippen molar-refractivity contribution in [1.82, 2.24) is 4.98 Å². The number of nitrogens with one attached hydrogen (secondary N) is 1. The molecule has 1 aromatic carbocycles. The van der Waals surface area contributed by atoms with Gasteiger partial charge in [-0.3, -0.25) is 4.79 Å². The van der Waals surface area contributed by atoms with Gasteiger partial charge in [0.25, 0.3) is 5.91 Å². The fourth-order valence-electron chi connectivity index (χ4n) is 3.51. The summed E-state index contributed by atoms with van der Waals surface area (Å²) in [6, 6.07) is 11.5. The molecule has 1 aliphatic rings. The van der Waals surface area contributed by atoms with E-state index in [1.165, 1.54) is 17.2 Å². The number of anilines is 2. The average Bonchev–Trinajstić information content (AvgIpc) is 2.73. The molecular formula is C23H23F3N4O. The number of carbonyl (C=O) groups is 1. The minimum atomic E-state index is -4.50. The third kappa shape index (κ3) is 4.88. The highest BCUT2D eigenvalue weighted by molar-refractivity contribution is 6.04. The summed E-state index contributed by atoms with van der Waals surface area (Å²) < 4.78 is 39.9. The van der Waals surface area contributed by atoms with E-state index < -0.39 is 17.2 Å². The second-order valence-corrected chi connectivity index (χ2v) is 8.11. The molecule has 8 heteroatoms. The molecule has 1 aliphatic heterocycles. The Bertz CT molecular complexity index is 1040. The number of aromatic nitrogens is 1. The number of hydrogen-bond acceptors (Lipinski definition) is 4. The number of rotatable bonds is 4. The van der Waals surface area contributed by atoms with Crippen LogP contribution in [-0.4, -0.2) is 24.0 Å². The SMILES string of the molecule is CC1CN(c2ncccc2C(F)(F)F)CC=C1C(=O)Nc1ccc(C(C)(C)C#N)cc1. The summed E-state index contributed by atoms with van der Waals surface area (Å²) in [4.78, 5) is 18.2. The lowest BCUT2D eigenvalue weighted by Gasteiger charge is -2.32. The topological polar surface area (TPSA) is 69.0 Å². The number of pyridine rings is 1. The highest BCUT2D eigenvalue weighted by Gasteiger charge is 2.36. The highest BCUT2D eigenvalue weighted by Crippen LogP contribution is 2.36. The molecule has 162 valence electrons. The number of nitriles is 1. The Balaban J connectivity index is 1.74. The largest absolute Gasteiger partial charge is 0.419 e. The molecule has 1 amide bonds. The zero-order valence-electron chi connectivity index (χ0n) is 17.5. The van der Waals surface area contributed by atoms with E-state index in [0.717, 1.165) is 11.6 Å². The molecule has 2 aromatic rings. The predicted octanol–water partition coefficient (Wildman–Crippen LogP) is 4.92. The molecule has 2 heterocycles. The highest BCUT2D eigenvalue weighted by atomic mass is 19.4. The lowest BCUT2D eigenvalue weighted by atomic mass is 9.86. The Morgan fingerprint density at radius 1 is 1.23 bits per heavy atom. The van der Waals surface area contributed by atoms with Gasteiger partial charge in [-0.1, -0.05) is 25.1 Å². The molecule has 0 aliphatic carbocycles. The first-order valence-electron chi connectivity index (χ1n) is 9.83. The molecule has 1 unspecified atom stereocenters. The van der Waals surface area contributed by atoms with E-state index >= 15 is 0 Å². The number of alkyl halides is 3. The Morgan fingerprint density at radius 2 is 1.90 bits per heavy atom. The van der Waals surface area contributed by atoms with Gasteiger partial charge in [-0.05, 0) is 43.7 Å². The molecular weight excluding hydrogens is 405 g/mol. The first-order chi connectivity index (χ1) is 14.5. The number of halogens is 3. The Kier molecular flexibility index (Phi) is 6.07. The molecule has 1 aromatic heterocycles. The molecule has 0 saturated heterocycles. The van der Waals surface area contributed by atoms with E-state index in [0.29, 0.717) is 11.3 Å². The van der Waals surface area contributed by atoms with Gasteiger partial charge in [0.05, 0.1) is 17.0 Å². The fourth-order valence-corrected chi connectivity index (χ4v) is 3.51. The van der Waals surface area contributed by atoms with Crippen LogP contribution in [-0.2, 0) is 16.4 Å². The minimum Gasteiger partial charge on any atom is -0.352 e. The van der Waals surface area contributed by atoms with E-state index in [2.05, 4.69) is 16.4 Å². The van der Waals surface area contributed by atoms with Crippen LogP contribution >= 0.6 is 0 Å². The van der Waals surface area contributed by atoms with E-state index in [1.54, 1.807) is 37.3 Å². The quantitative estimate of drug-likeness (QED) is 0.750. The van der Waals surface area contributed by atoms with Crippen LogP contribution in [0, 0.1) is 17.2 Å². The van der Waals surface area contributed by atoms with Crippen LogP contribution in [0.1, 0.15) is 31.9 Å². The maximum Gasteiger partial charge on any atom is 0.419 e. The Morgan fingerprint density at radius 3 is 2.48 bits per heavy atom. The molecule has 0 radical (unpaired) electrons. The van der Waals surface area contributed by atoms with Gasteiger partial charge >= 0.3 is 6.18 Å². The van der Waals surface area contributed by atoms with Crippen molar-refractivity contribution in [3.8, 4) is 6.07 Å². The number of carbonyl (C=O) groups excluding carboxylic acids is 1. The monoisotopic (exact) mass is 428 g/mol. The summed E-state index contributed by atoms with van der Waals surface area (Å²) in [5.41, 5.74) is 0.519. The smallest absolute Gasteiger partial charge is 0.352 e. The molecule has 5 nitrogen and oxygen atoms in total. The van der Waals surface area contributed by atoms with Crippen molar-refractivity contribution < 1.29 is 18.0 Å². The van der Waals surface area contributed by atoms with E-state index in [1.807, 2.05) is 13.8 Å². The van der Waals surface area contributed by atoms with Gasteiger partial charge in [-0.2, -0.15) is 18.4 Å². The van der Waals surface area contributed by atoms with Gasteiger partial charge in [0, 0.05) is 36.5 Å². The molecule has 3 rings (SSSR count). The number of benzene rings is 1. The van der Waals surface area contributed by atoms with Crippen molar-refractivity contribution in [2.75, 3.05) is 23.3 Å². The van der Waals surface area contributed by atoms with Crippen LogP contribution in [0.25, 0.3) is 0 Å². The standard InChI is InChI=1S/C23H23F3N4O/c1-15-13-30(20-19(23(24,25)26)5-4-11-28-20)12-10-18(15)21(31)29-17-8-6-16(7-9-17)22(2,3)14-27/h4-11,15H,12-13H2,1-3H3,(H,29,31). The number of nitrogens with zero attached hydrogens (tertiary/aromatic N) is 3. The van der Waals surface area contributed by atoms with Crippen molar-refractivity contribution in [3.63, 3.8) is 0 Å². The normalized spacial score (nSPS) is 17.0. The number of amides is 1. The van der Waals surface area contributed by atoms with Gasteiger partial charge < -0.3 is 10.2 Å². The lowest BCUT2D eigenvalue weighted by Crippen LogP contribution is -2.38. The maximum atomic E-state index is 13.3. The second kappa shape index (κ2) is 8.42. The van der Waals surface area contributed by atoms with Gasteiger partial charge in [0.1, 0.15) is 5.82 Å². The third-order valence-electron chi connectivity index (χ3n) is 5.35. The van der Waals surface area contributed by atoms with Gasteiger partial charge in [-0.25, -0.2) is 4.98 Å². The van der Waals surface area contributed by atoms with Crippen LogP contribution in [0.5, 0.6) is 0 Å². The average molecular weight is 428 g/mol. The van der Waals surface area contributed by atoms with E-state index in [9.17, 15) is 23.2 Å². The molecule has 0 fully saturated rings. The maximum absolute atomic E-state index is 13.3. The summed E-state index contributed by atoms with van der Waals surface area (Å²) in [6.45, 7) is 5.82. The van der Waals surface area contributed by atoms with Crippen LogP contribution in [0.3, 0.4) is 0 Å². The Hall–Kier alpha value is -3.34. The predicted molar refractivity (Wildman–Crippen MR) is 112 cm³/mol. The van der Waals surface area contributed by atoms with Crippen molar-refractivity contribution >= 4 is 17.4 Å². The van der Waals surface area contributed by atoms with Crippen LogP contribution in [0.4, 0.5) is 24.7 Å². The van der Waals surface area contributed by atoms with Gasteiger partial charge in [-0.15, -0.1) is 0 Å². The molecule has 1 atom stereocenters. The summed E-state index contributed by atoms with van der Waals surface area (Å²) in [5, 5.41) is 12.1.